The molecule has 12 atom stereocenters. The molecule has 39 nitrogen and oxygen atoms in total. The molecule has 9 amide bonds. The molecule has 0 bridgehead atoms. The van der Waals surface area contributed by atoms with Gasteiger partial charge in [0.25, 0.3) is 0 Å². The first-order valence-corrected chi connectivity index (χ1v) is 43.9. The fourth-order valence-corrected chi connectivity index (χ4v) is 15.6. The lowest BCUT2D eigenvalue weighted by atomic mass is 9.94. The normalized spacial score (nSPS) is 18.6. The average molecular weight is 1800 g/mol. The molecule has 1 aliphatic rings. The summed E-state index contributed by atoms with van der Waals surface area (Å²) in [5, 5.41) is 103. The van der Waals surface area contributed by atoms with Crippen LogP contribution in [0.15, 0.2) is 109 Å². The Morgan fingerprint density at radius 3 is 1.73 bits per heavy atom. The molecular formula is C83H107N13O26S3. The van der Waals surface area contributed by atoms with Crippen molar-refractivity contribution in [2.75, 3.05) is 57.0 Å². The number of nitrogens with one attached hydrogen (secondary N) is 10. The lowest BCUT2D eigenvalue weighted by Crippen LogP contribution is -2.60. The number of ether oxygens (including phenoxy) is 2. The Labute approximate surface area is 731 Å². The van der Waals surface area contributed by atoms with Gasteiger partial charge in [-0.15, -0.1) is 5.10 Å². The summed E-state index contributed by atoms with van der Waals surface area (Å²) in [5.74, 6) is -23.7. The topological polar surface area (TPSA) is 601 Å². The van der Waals surface area contributed by atoms with E-state index in [-0.39, 0.29) is 112 Å². The molecule has 0 spiro atoms. The van der Waals surface area contributed by atoms with Crippen LogP contribution in [0.2, 0.25) is 0 Å². The van der Waals surface area contributed by atoms with Crippen LogP contribution in [0.5, 0.6) is 17.2 Å². The number of carboxylic acids is 4. The van der Waals surface area contributed by atoms with Gasteiger partial charge in [0.15, 0.2) is 23.4 Å². The molecule has 42 heteroatoms. The van der Waals surface area contributed by atoms with Gasteiger partial charge in [0.1, 0.15) is 59.3 Å². The minimum Gasteiger partial charge on any atom is -0.508 e. The molecular weight excluding hydrogens is 1690 g/mol. The van der Waals surface area contributed by atoms with E-state index in [1.54, 1.807) is 36.6 Å². The first kappa shape index (κ1) is 102. The van der Waals surface area contributed by atoms with Crippen molar-refractivity contribution >= 4 is 134 Å². The summed E-state index contributed by atoms with van der Waals surface area (Å²) in [7, 11) is 3.04. The maximum absolute atomic E-state index is 15.3. The van der Waals surface area contributed by atoms with E-state index in [1.807, 2.05) is 0 Å². The number of thioether (sulfide) groups is 1. The second-order valence-corrected chi connectivity index (χ2v) is 33.5. The Balaban J connectivity index is 1.35. The van der Waals surface area contributed by atoms with Crippen molar-refractivity contribution in [3.63, 3.8) is 0 Å². The smallest absolute Gasteiger partial charge is 0.334 e. The van der Waals surface area contributed by atoms with Crippen LogP contribution < -0.4 is 53.2 Å². The Hall–Kier alpha value is -11.9. The number of carbonyl (C=O) groups is 17. The molecule has 0 aliphatic carbocycles. The van der Waals surface area contributed by atoms with E-state index in [1.165, 1.54) is 123 Å². The molecule has 1 fully saturated rings. The largest absolute Gasteiger partial charge is 0.508 e. The van der Waals surface area contributed by atoms with Crippen LogP contribution in [0.25, 0.3) is 0 Å². The minimum absolute atomic E-state index is 0.102. The van der Waals surface area contributed by atoms with Gasteiger partial charge < -0.3 is 98.4 Å². The highest BCUT2D eigenvalue weighted by Gasteiger charge is 2.39. The molecule has 2 heterocycles. The Kier molecular flexibility index (Phi) is 43.0. The van der Waals surface area contributed by atoms with Gasteiger partial charge in [-0.3, -0.25) is 71.9 Å². The van der Waals surface area contributed by atoms with Crippen LogP contribution >= 0.6 is 33.3 Å². The number of aliphatic carboxylic acids is 4. The van der Waals surface area contributed by atoms with Gasteiger partial charge in [-0.05, 0) is 109 Å². The van der Waals surface area contributed by atoms with E-state index in [0.717, 1.165) is 21.6 Å². The highest BCUT2D eigenvalue weighted by atomic mass is 33.1. The van der Waals surface area contributed by atoms with Crippen LogP contribution in [0.1, 0.15) is 107 Å². The summed E-state index contributed by atoms with van der Waals surface area (Å²) in [5.41, 5.74) is 1.70. The fourth-order valence-electron chi connectivity index (χ4n) is 12.7. The number of carbonyl (C=O) groups excluding carboxylic acids is 13. The number of likely N-dealkylation sites (N-methyl/N-ethyl adjacent to an activating group) is 1. The zero-order chi connectivity index (χ0) is 91.8. The maximum atomic E-state index is 15.3. The van der Waals surface area contributed by atoms with E-state index in [0.29, 0.717) is 23.1 Å². The van der Waals surface area contributed by atoms with Gasteiger partial charge in [-0.25, -0.2) is 14.3 Å². The number of phenolic OH excluding ortho intramolecular Hbond substituents is 3. The van der Waals surface area contributed by atoms with Gasteiger partial charge in [-0.2, -0.15) is 11.8 Å². The Morgan fingerprint density at radius 2 is 1.14 bits per heavy atom. The summed E-state index contributed by atoms with van der Waals surface area (Å²) in [6.07, 6.45) is -2.78. The molecule has 0 unspecified atom stereocenters. The summed E-state index contributed by atoms with van der Waals surface area (Å²) in [6, 6.07) is 8.41. The summed E-state index contributed by atoms with van der Waals surface area (Å²) in [4.78, 5) is 236. The third-order valence-electron chi connectivity index (χ3n) is 19.7. The molecule has 17 N–H and O–H groups in total. The number of rotatable bonds is 44. The highest BCUT2D eigenvalue weighted by molar-refractivity contribution is 8.76. The molecule has 1 aromatic heterocycles. The number of Topliss-reactive ketones (excluding diaryl/α,β-unsaturated/α-hetero) is 4. The van der Waals surface area contributed by atoms with E-state index < -0.39 is 229 Å². The predicted octanol–water partition coefficient (Wildman–Crippen LogP) is 0.685. The SMILES string of the molecule is CN[C@@H](CC(=O)O)C(=O)CCCOCCOCCn1cc(CC(=O)N[C@H](Cc2ccc(O)cc2)C(=O)C[C@@H]2CSSC[C@H](C(=O)N[C@H](Cc3ccc(O)cc3)C(=O)N[C@H](CCSC)C(=O)N[C@H](CC(=O)O)C(=O)N[C@@H](C(=O)O)C(C)C)NC(=O)[C@@H](C)CC(=O)[C@@H](Cc3ccc(O)cc3)NC(=O)[C@H](Cc3ccccc3)NC(=O)CCC(=O)[C@@H](C(=O)O)NC2=O)nn1. The van der Waals surface area contributed by atoms with Crippen LogP contribution in [0, 0.1) is 17.8 Å². The highest BCUT2D eigenvalue weighted by Crippen LogP contribution is 2.29. The van der Waals surface area contributed by atoms with Gasteiger partial charge in [0.2, 0.25) is 53.2 Å². The fraction of sp³-hybridized carbons (Fsp3) is 0.482. The molecule has 125 heavy (non-hydrogen) atoms. The van der Waals surface area contributed by atoms with Crippen LogP contribution in [-0.4, -0.2) is 268 Å². The number of aromatic hydroxyl groups is 3. The van der Waals surface area contributed by atoms with Crippen LogP contribution in [0.4, 0.5) is 0 Å². The van der Waals surface area contributed by atoms with Crippen molar-refractivity contribution in [3.8, 4) is 17.2 Å². The van der Waals surface area contributed by atoms with Crippen molar-refractivity contribution in [2.45, 2.75) is 178 Å². The number of aromatic nitrogens is 3. The van der Waals surface area contributed by atoms with E-state index >= 15 is 9.59 Å². The quantitative estimate of drug-likeness (QED) is 0.0145. The molecule has 678 valence electrons. The number of phenols is 3. The Morgan fingerprint density at radius 1 is 0.576 bits per heavy atom. The van der Waals surface area contributed by atoms with E-state index in [9.17, 15) is 103 Å². The van der Waals surface area contributed by atoms with E-state index in [2.05, 4.69) is 63.5 Å². The number of amides is 9. The molecule has 0 radical (unpaired) electrons. The van der Waals surface area contributed by atoms with Crippen LogP contribution in [-0.2, 0) is 130 Å². The predicted molar refractivity (Wildman–Crippen MR) is 454 cm³/mol. The first-order chi connectivity index (χ1) is 59.5. The maximum Gasteiger partial charge on any atom is 0.334 e. The number of benzene rings is 4. The number of hydrogen-bond donors (Lipinski definition) is 17. The lowest BCUT2D eigenvalue weighted by Gasteiger charge is -2.27. The van der Waals surface area contributed by atoms with E-state index in [4.69, 9.17) is 14.6 Å². The second-order valence-electron chi connectivity index (χ2n) is 29.9. The van der Waals surface area contributed by atoms with Crippen molar-refractivity contribution in [3.05, 3.63) is 137 Å². The zero-order valence-corrected chi connectivity index (χ0v) is 71.9. The van der Waals surface area contributed by atoms with Crippen molar-refractivity contribution in [1.29, 1.82) is 0 Å². The lowest BCUT2D eigenvalue weighted by molar-refractivity contribution is -0.147. The monoisotopic (exact) mass is 1800 g/mol. The van der Waals surface area contributed by atoms with Crippen molar-refractivity contribution in [2.24, 2.45) is 17.8 Å². The molecule has 4 aromatic carbocycles. The van der Waals surface area contributed by atoms with Gasteiger partial charge in [0.05, 0.1) is 75.4 Å². The van der Waals surface area contributed by atoms with Crippen molar-refractivity contribution in [1.82, 2.24) is 68.2 Å². The number of carboxylic acid groups (broad SMARTS) is 4. The third kappa shape index (κ3) is 36.5. The summed E-state index contributed by atoms with van der Waals surface area (Å²) < 4.78 is 12.6. The van der Waals surface area contributed by atoms with Crippen LogP contribution in [0.3, 0.4) is 0 Å². The van der Waals surface area contributed by atoms with Crippen molar-refractivity contribution < 1.29 is 127 Å². The number of ketones is 4. The second kappa shape index (κ2) is 52.7. The minimum atomic E-state index is -2.40. The first-order valence-electron chi connectivity index (χ1n) is 40.0. The van der Waals surface area contributed by atoms with Gasteiger partial charge >= 0.3 is 23.9 Å². The summed E-state index contributed by atoms with van der Waals surface area (Å²) in [6.45, 7) is 5.07. The number of nitrogens with zero attached hydrogens (tertiary/aromatic N) is 3. The molecule has 0 saturated carbocycles. The standard InChI is InChI=1S/C83H107N13O26S3/c1-46(2)73(82(117)118)92-80(115)63(42-72(108)109)90-77(112)57(27-33-123-5)87-79(114)62(38-51-17-23-56(99)24-18-51)89-81(116)64-45-125-124-44-52(39-68(103)59(35-49-13-19-54(97)20-14-49)85-70(105)40-53-43-96(95-94-53)28-30-122-32-31-121-29-9-12-65(100)58(84-4)41-71(106)107)76(111)93-74(83(119)120)66(101)25-26-69(104)86-61(37-48-10-7-6-8-11-48)78(113)88-60(36-50-15-21-55(98)22-16-50)67(102)34-47(3)75(110)91-64/h6-8,10-11,13-24,43,46-47,52,57-64,73-74,84,97-99H,9,12,25-42,44-45H2,1-5H3,(H,85,105)(H,86,104)(H,87,114)(H,88,113)(H,89,116)(H,90,112)(H,91,110)(H,92,115)(H,93,111)(H,106,107)(H,108,109)(H,117,118)(H,119,120)/t47-,52+,57+,58-,59+,60+,61-,62+,63+,64+,73+,74-/m0/s1. The Bertz CT molecular complexity index is 4530. The number of hydrogen-bond acceptors (Lipinski definition) is 28. The molecule has 1 aliphatic heterocycles. The third-order valence-corrected chi connectivity index (χ3v) is 22.8. The average Bonchev–Trinajstić information content (AvgIpc) is 1.23. The van der Waals surface area contributed by atoms with Gasteiger partial charge in [-0.1, -0.05) is 114 Å². The molecule has 5 aromatic rings. The molecule has 6 rings (SSSR count). The summed E-state index contributed by atoms with van der Waals surface area (Å²) >= 11 is 1.21. The van der Waals surface area contributed by atoms with Gasteiger partial charge in [0, 0.05) is 75.2 Å². The molecule has 1 saturated heterocycles. The zero-order valence-electron chi connectivity index (χ0n) is 69.4.